The molecule has 4 nitrogen and oxygen atoms in total. The fourth-order valence-corrected chi connectivity index (χ4v) is 3.07. The fourth-order valence-electron chi connectivity index (χ4n) is 2.54. The zero-order chi connectivity index (χ0) is 13.2. The summed E-state index contributed by atoms with van der Waals surface area (Å²) in [7, 11) is 0. The number of hydrogen-bond acceptors (Lipinski definition) is 3. The van der Waals surface area contributed by atoms with E-state index in [4.69, 9.17) is 9.47 Å². The van der Waals surface area contributed by atoms with Crippen molar-refractivity contribution in [2.24, 2.45) is 0 Å². The standard InChI is InChI=1S/C14H16BrNO3/c15-8-12-9-18-6-4-16(12)14(17)11-1-2-13-10(7-11)3-5-19-13/h1-2,7,12H,3-6,8-9H2. The van der Waals surface area contributed by atoms with Gasteiger partial charge in [-0.15, -0.1) is 0 Å². The number of rotatable bonds is 2. The summed E-state index contributed by atoms with van der Waals surface area (Å²) in [4.78, 5) is 14.5. The Labute approximate surface area is 120 Å². The van der Waals surface area contributed by atoms with Crippen LogP contribution in [0, 0.1) is 0 Å². The van der Waals surface area contributed by atoms with Gasteiger partial charge in [0, 0.05) is 23.9 Å². The fraction of sp³-hybridized carbons (Fsp3) is 0.500. The molecule has 1 atom stereocenters. The molecule has 0 bridgehead atoms. The second-order valence-electron chi connectivity index (χ2n) is 4.80. The lowest BCUT2D eigenvalue weighted by Gasteiger charge is -2.34. The predicted octanol–water partition coefficient (Wildman–Crippen LogP) is 1.86. The summed E-state index contributed by atoms with van der Waals surface area (Å²) in [6, 6.07) is 5.84. The van der Waals surface area contributed by atoms with Gasteiger partial charge in [-0.3, -0.25) is 4.79 Å². The normalized spacial score (nSPS) is 21.9. The molecule has 102 valence electrons. The Bertz CT molecular complexity index is 492. The summed E-state index contributed by atoms with van der Waals surface area (Å²) in [5.74, 6) is 0.998. The molecule has 0 aliphatic carbocycles. The summed E-state index contributed by atoms with van der Waals surface area (Å²) >= 11 is 3.45. The third-order valence-electron chi connectivity index (χ3n) is 3.60. The number of nitrogens with zero attached hydrogens (tertiary/aromatic N) is 1. The number of alkyl halides is 1. The molecule has 0 N–H and O–H groups in total. The average Bonchev–Trinajstić information content (AvgIpc) is 2.93. The van der Waals surface area contributed by atoms with Crippen LogP contribution in [0.25, 0.3) is 0 Å². The van der Waals surface area contributed by atoms with Crippen molar-refractivity contribution >= 4 is 21.8 Å². The number of carbonyl (C=O) groups is 1. The minimum atomic E-state index is 0.0856. The molecule has 19 heavy (non-hydrogen) atoms. The zero-order valence-corrected chi connectivity index (χ0v) is 12.2. The van der Waals surface area contributed by atoms with Crippen LogP contribution in [0.3, 0.4) is 0 Å². The van der Waals surface area contributed by atoms with Gasteiger partial charge in [-0.2, -0.15) is 0 Å². The molecule has 0 saturated carbocycles. The average molecular weight is 326 g/mol. The molecule has 3 rings (SSSR count). The van der Waals surface area contributed by atoms with Crippen molar-refractivity contribution in [3.05, 3.63) is 29.3 Å². The van der Waals surface area contributed by atoms with E-state index in [0.717, 1.165) is 28.6 Å². The van der Waals surface area contributed by atoms with Gasteiger partial charge >= 0.3 is 0 Å². The SMILES string of the molecule is O=C(c1ccc2c(c1)CCO2)N1CCOCC1CBr. The molecular formula is C14H16BrNO3. The first-order valence-corrected chi connectivity index (χ1v) is 7.62. The van der Waals surface area contributed by atoms with Gasteiger partial charge in [-0.1, -0.05) is 15.9 Å². The van der Waals surface area contributed by atoms with Crippen LogP contribution in [0.15, 0.2) is 18.2 Å². The van der Waals surface area contributed by atoms with E-state index in [9.17, 15) is 4.79 Å². The van der Waals surface area contributed by atoms with E-state index < -0.39 is 0 Å². The number of amides is 1. The van der Waals surface area contributed by atoms with E-state index in [-0.39, 0.29) is 11.9 Å². The van der Waals surface area contributed by atoms with Gasteiger partial charge in [0.05, 0.1) is 25.9 Å². The van der Waals surface area contributed by atoms with Crippen LogP contribution in [0.1, 0.15) is 15.9 Å². The van der Waals surface area contributed by atoms with Gasteiger partial charge in [0.25, 0.3) is 5.91 Å². The smallest absolute Gasteiger partial charge is 0.254 e. The number of fused-ring (bicyclic) bond motifs is 1. The molecule has 0 spiro atoms. The highest BCUT2D eigenvalue weighted by molar-refractivity contribution is 9.09. The molecule has 0 radical (unpaired) electrons. The molecule has 2 aliphatic heterocycles. The summed E-state index contributed by atoms with van der Waals surface area (Å²) in [6.45, 7) is 2.59. The zero-order valence-electron chi connectivity index (χ0n) is 10.6. The van der Waals surface area contributed by atoms with Crippen molar-refractivity contribution in [3.63, 3.8) is 0 Å². The monoisotopic (exact) mass is 325 g/mol. The van der Waals surface area contributed by atoms with Gasteiger partial charge in [0.15, 0.2) is 0 Å². The van der Waals surface area contributed by atoms with Gasteiger partial charge in [-0.25, -0.2) is 0 Å². The molecule has 1 amide bonds. The van der Waals surface area contributed by atoms with Crippen LogP contribution < -0.4 is 4.74 Å². The van der Waals surface area contributed by atoms with Crippen molar-refractivity contribution in [2.45, 2.75) is 12.5 Å². The summed E-state index contributed by atoms with van der Waals surface area (Å²) < 4.78 is 10.9. The number of hydrogen-bond donors (Lipinski definition) is 0. The molecule has 5 heteroatoms. The van der Waals surface area contributed by atoms with Crippen molar-refractivity contribution in [2.75, 3.05) is 31.7 Å². The lowest BCUT2D eigenvalue weighted by Crippen LogP contribution is -2.49. The van der Waals surface area contributed by atoms with E-state index in [2.05, 4.69) is 15.9 Å². The van der Waals surface area contributed by atoms with E-state index in [0.29, 0.717) is 26.4 Å². The highest BCUT2D eigenvalue weighted by atomic mass is 79.9. The molecule has 2 heterocycles. The lowest BCUT2D eigenvalue weighted by atomic mass is 10.1. The maximum Gasteiger partial charge on any atom is 0.254 e. The van der Waals surface area contributed by atoms with Gasteiger partial charge in [0.1, 0.15) is 5.75 Å². The maximum absolute atomic E-state index is 12.6. The molecule has 0 aromatic heterocycles. The Hall–Kier alpha value is -1.07. The molecular weight excluding hydrogens is 310 g/mol. The van der Waals surface area contributed by atoms with E-state index in [1.165, 1.54) is 0 Å². The van der Waals surface area contributed by atoms with Crippen LogP contribution in [-0.2, 0) is 11.2 Å². The third kappa shape index (κ3) is 2.49. The summed E-state index contributed by atoms with van der Waals surface area (Å²) in [5, 5.41) is 0.743. The number of benzene rings is 1. The first-order valence-electron chi connectivity index (χ1n) is 6.50. The Kier molecular flexibility index (Phi) is 3.75. The molecule has 1 aromatic rings. The highest BCUT2D eigenvalue weighted by Crippen LogP contribution is 2.27. The molecule has 1 saturated heterocycles. The van der Waals surface area contributed by atoms with Crippen LogP contribution in [-0.4, -0.2) is 48.5 Å². The third-order valence-corrected chi connectivity index (χ3v) is 4.35. The van der Waals surface area contributed by atoms with E-state index in [1.807, 2.05) is 23.1 Å². The lowest BCUT2D eigenvalue weighted by molar-refractivity contribution is 0.00524. The Morgan fingerprint density at radius 1 is 1.42 bits per heavy atom. The van der Waals surface area contributed by atoms with Gasteiger partial charge in [-0.05, 0) is 23.8 Å². The summed E-state index contributed by atoms with van der Waals surface area (Å²) in [5.41, 5.74) is 1.88. The van der Waals surface area contributed by atoms with E-state index in [1.54, 1.807) is 0 Å². The van der Waals surface area contributed by atoms with Crippen molar-refractivity contribution in [1.29, 1.82) is 0 Å². The molecule has 1 unspecified atom stereocenters. The summed E-state index contributed by atoms with van der Waals surface area (Å²) in [6.07, 6.45) is 0.890. The topological polar surface area (TPSA) is 38.8 Å². The van der Waals surface area contributed by atoms with Crippen LogP contribution in [0.5, 0.6) is 5.75 Å². The second kappa shape index (κ2) is 5.51. The number of ether oxygens (including phenoxy) is 2. The number of carbonyl (C=O) groups excluding carboxylic acids is 1. The molecule has 2 aliphatic rings. The van der Waals surface area contributed by atoms with Gasteiger partial charge < -0.3 is 14.4 Å². The number of morpholine rings is 1. The van der Waals surface area contributed by atoms with Crippen molar-refractivity contribution < 1.29 is 14.3 Å². The van der Waals surface area contributed by atoms with Crippen LogP contribution in [0.4, 0.5) is 0 Å². The molecule has 1 aromatic carbocycles. The minimum absolute atomic E-state index is 0.0856. The van der Waals surface area contributed by atoms with Crippen molar-refractivity contribution in [3.8, 4) is 5.75 Å². The maximum atomic E-state index is 12.6. The van der Waals surface area contributed by atoms with E-state index >= 15 is 0 Å². The predicted molar refractivity (Wildman–Crippen MR) is 75.1 cm³/mol. The second-order valence-corrected chi connectivity index (χ2v) is 5.45. The number of halogens is 1. The molecule has 1 fully saturated rings. The minimum Gasteiger partial charge on any atom is -0.493 e. The Morgan fingerprint density at radius 2 is 2.32 bits per heavy atom. The Morgan fingerprint density at radius 3 is 3.16 bits per heavy atom. The van der Waals surface area contributed by atoms with Crippen molar-refractivity contribution in [1.82, 2.24) is 4.90 Å². The van der Waals surface area contributed by atoms with Crippen LogP contribution in [0.2, 0.25) is 0 Å². The first kappa shape index (κ1) is 12.9. The largest absolute Gasteiger partial charge is 0.493 e. The quantitative estimate of drug-likeness (QED) is 0.779. The highest BCUT2D eigenvalue weighted by Gasteiger charge is 2.28. The van der Waals surface area contributed by atoms with Gasteiger partial charge in [0.2, 0.25) is 0 Å². The van der Waals surface area contributed by atoms with Crippen LogP contribution >= 0.6 is 15.9 Å². The Balaban J connectivity index is 1.82. The first-order chi connectivity index (χ1) is 9.29.